The normalized spacial score (nSPS) is 19.0. The van der Waals surface area contributed by atoms with Crippen molar-refractivity contribution in [2.24, 2.45) is 11.8 Å². The van der Waals surface area contributed by atoms with Crippen LogP contribution in [0.2, 0.25) is 0 Å². The summed E-state index contributed by atoms with van der Waals surface area (Å²) in [6, 6.07) is 2.91. The minimum atomic E-state index is 0.612. The van der Waals surface area contributed by atoms with Gasteiger partial charge in [-0.25, -0.2) is 0 Å². The zero-order valence-electron chi connectivity index (χ0n) is 11.1. The van der Waals surface area contributed by atoms with E-state index in [0.717, 1.165) is 11.8 Å². The fraction of sp³-hybridized carbons (Fsp3) is 0.733. The highest BCUT2D eigenvalue weighted by Gasteiger charge is 2.25. The Kier molecular flexibility index (Phi) is 5.05. The van der Waals surface area contributed by atoms with Gasteiger partial charge in [0, 0.05) is 6.04 Å². The Hall–Kier alpha value is -0.340. The zero-order valence-corrected chi connectivity index (χ0v) is 11.9. The molecule has 1 N–H and O–H groups in total. The topological polar surface area (TPSA) is 12.0 Å². The molecule has 1 nitrogen and oxygen atoms in total. The molecule has 0 aliphatic heterocycles. The lowest BCUT2D eigenvalue weighted by Gasteiger charge is -2.24. The maximum absolute atomic E-state index is 3.64. The maximum Gasteiger partial charge on any atom is 0.00104 e. The van der Waals surface area contributed by atoms with Gasteiger partial charge in [-0.05, 0) is 47.2 Å². The summed E-state index contributed by atoms with van der Waals surface area (Å²) in [6.45, 7) is 5.69. The van der Waals surface area contributed by atoms with Gasteiger partial charge in [0.15, 0.2) is 0 Å². The number of hydrogen-bond acceptors (Lipinski definition) is 2. The minimum absolute atomic E-state index is 0.612. The Labute approximate surface area is 110 Å². The second-order valence-corrected chi connectivity index (χ2v) is 6.48. The van der Waals surface area contributed by atoms with Crippen molar-refractivity contribution in [1.29, 1.82) is 0 Å². The molecule has 17 heavy (non-hydrogen) atoms. The molecule has 1 atom stereocenters. The van der Waals surface area contributed by atoms with E-state index < -0.39 is 0 Å². The van der Waals surface area contributed by atoms with Gasteiger partial charge in [0.25, 0.3) is 0 Å². The lowest BCUT2D eigenvalue weighted by molar-refractivity contribution is 0.313. The van der Waals surface area contributed by atoms with Crippen molar-refractivity contribution >= 4 is 11.3 Å². The molecule has 0 bridgehead atoms. The van der Waals surface area contributed by atoms with Gasteiger partial charge in [0.2, 0.25) is 0 Å². The van der Waals surface area contributed by atoms with E-state index in [4.69, 9.17) is 0 Å². The molecule has 1 aromatic rings. The van der Waals surface area contributed by atoms with Gasteiger partial charge in [0.05, 0.1) is 0 Å². The lowest BCUT2D eigenvalue weighted by atomic mass is 9.86. The van der Waals surface area contributed by atoms with Crippen molar-refractivity contribution in [3.8, 4) is 0 Å². The zero-order chi connectivity index (χ0) is 12.1. The first kappa shape index (κ1) is 13.1. The molecule has 1 saturated carbocycles. The first-order valence-electron chi connectivity index (χ1n) is 7.00. The van der Waals surface area contributed by atoms with Gasteiger partial charge < -0.3 is 5.32 Å². The summed E-state index contributed by atoms with van der Waals surface area (Å²) in [6.07, 6.45) is 7.08. The van der Waals surface area contributed by atoms with Crippen molar-refractivity contribution in [2.45, 2.75) is 52.0 Å². The monoisotopic (exact) mass is 251 g/mol. The van der Waals surface area contributed by atoms with E-state index in [1.165, 1.54) is 44.2 Å². The summed E-state index contributed by atoms with van der Waals surface area (Å²) in [4.78, 5) is 0. The minimum Gasteiger partial charge on any atom is -0.314 e. The molecule has 1 heterocycles. The SMILES string of the molecule is CC(C)NCC(Cc1ccsc1)C1CCCC1. The van der Waals surface area contributed by atoms with Crippen molar-refractivity contribution in [2.75, 3.05) is 6.54 Å². The maximum atomic E-state index is 3.64. The average Bonchev–Trinajstić information content (AvgIpc) is 2.96. The van der Waals surface area contributed by atoms with Crippen LogP contribution in [0.1, 0.15) is 45.1 Å². The molecule has 0 radical (unpaired) electrons. The second-order valence-electron chi connectivity index (χ2n) is 5.70. The molecule has 96 valence electrons. The molecule has 0 spiro atoms. The summed E-state index contributed by atoms with van der Waals surface area (Å²) in [5, 5.41) is 8.16. The Morgan fingerprint density at radius 2 is 2.12 bits per heavy atom. The van der Waals surface area contributed by atoms with Crippen LogP contribution in [0.5, 0.6) is 0 Å². The largest absolute Gasteiger partial charge is 0.314 e. The van der Waals surface area contributed by atoms with E-state index in [-0.39, 0.29) is 0 Å². The number of nitrogens with one attached hydrogen (secondary N) is 1. The van der Waals surface area contributed by atoms with E-state index in [1.54, 1.807) is 0 Å². The predicted molar refractivity (Wildman–Crippen MR) is 76.6 cm³/mol. The molecule has 1 fully saturated rings. The third-order valence-corrected chi connectivity index (χ3v) is 4.66. The Balaban J connectivity index is 1.91. The first-order chi connectivity index (χ1) is 8.25. The lowest BCUT2D eigenvalue weighted by Crippen LogP contribution is -2.33. The first-order valence-corrected chi connectivity index (χ1v) is 7.94. The molecule has 1 aromatic heterocycles. The smallest absolute Gasteiger partial charge is 0.00104 e. The average molecular weight is 251 g/mol. The number of rotatable bonds is 6. The van der Waals surface area contributed by atoms with Crippen molar-refractivity contribution in [3.63, 3.8) is 0 Å². The summed E-state index contributed by atoms with van der Waals surface area (Å²) in [5.74, 6) is 1.80. The molecule has 2 rings (SSSR count). The highest BCUT2D eigenvalue weighted by Crippen LogP contribution is 2.33. The third kappa shape index (κ3) is 4.11. The number of thiophene rings is 1. The van der Waals surface area contributed by atoms with Crippen LogP contribution in [-0.4, -0.2) is 12.6 Å². The molecule has 0 aromatic carbocycles. The fourth-order valence-corrected chi connectivity index (χ4v) is 3.61. The molecule has 2 heteroatoms. The van der Waals surface area contributed by atoms with Crippen LogP contribution in [0.25, 0.3) is 0 Å². The van der Waals surface area contributed by atoms with Crippen LogP contribution in [0, 0.1) is 11.8 Å². The molecule has 0 saturated heterocycles. The Bertz CT molecular complexity index is 299. The van der Waals surface area contributed by atoms with Crippen LogP contribution in [0.3, 0.4) is 0 Å². The van der Waals surface area contributed by atoms with Crippen molar-refractivity contribution < 1.29 is 0 Å². The molecule has 1 unspecified atom stereocenters. The number of hydrogen-bond donors (Lipinski definition) is 1. The summed E-state index contributed by atoms with van der Waals surface area (Å²) >= 11 is 1.83. The Morgan fingerprint density at radius 3 is 2.71 bits per heavy atom. The van der Waals surface area contributed by atoms with E-state index in [2.05, 4.69) is 36.0 Å². The third-order valence-electron chi connectivity index (χ3n) is 3.93. The van der Waals surface area contributed by atoms with Crippen LogP contribution in [0.4, 0.5) is 0 Å². The molecule has 1 aliphatic rings. The van der Waals surface area contributed by atoms with E-state index in [1.807, 2.05) is 11.3 Å². The molecular weight excluding hydrogens is 226 g/mol. The van der Waals surface area contributed by atoms with Crippen molar-refractivity contribution in [1.82, 2.24) is 5.32 Å². The molecular formula is C15H25NS. The van der Waals surface area contributed by atoms with Gasteiger partial charge in [-0.2, -0.15) is 11.3 Å². The standard InChI is InChI=1S/C15H25NS/c1-12(2)16-10-15(14-5-3-4-6-14)9-13-7-8-17-11-13/h7-8,11-12,14-16H,3-6,9-10H2,1-2H3. The molecule has 0 amide bonds. The van der Waals surface area contributed by atoms with Gasteiger partial charge in [-0.3, -0.25) is 0 Å². The summed E-state index contributed by atoms with van der Waals surface area (Å²) < 4.78 is 0. The van der Waals surface area contributed by atoms with Crippen LogP contribution in [0.15, 0.2) is 16.8 Å². The fourth-order valence-electron chi connectivity index (χ4n) is 2.93. The van der Waals surface area contributed by atoms with Crippen LogP contribution in [-0.2, 0) is 6.42 Å². The van der Waals surface area contributed by atoms with E-state index in [0.29, 0.717) is 6.04 Å². The van der Waals surface area contributed by atoms with Crippen LogP contribution < -0.4 is 5.32 Å². The second kappa shape index (κ2) is 6.55. The highest BCUT2D eigenvalue weighted by atomic mass is 32.1. The molecule has 1 aliphatic carbocycles. The van der Waals surface area contributed by atoms with Gasteiger partial charge >= 0.3 is 0 Å². The summed E-state index contributed by atoms with van der Waals surface area (Å²) in [7, 11) is 0. The van der Waals surface area contributed by atoms with E-state index in [9.17, 15) is 0 Å². The highest BCUT2D eigenvalue weighted by molar-refractivity contribution is 7.07. The van der Waals surface area contributed by atoms with Crippen LogP contribution >= 0.6 is 11.3 Å². The van der Waals surface area contributed by atoms with Gasteiger partial charge in [0.1, 0.15) is 0 Å². The Morgan fingerprint density at radius 1 is 1.35 bits per heavy atom. The predicted octanol–water partition coefficient (Wildman–Crippen LogP) is 4.10. The van der Waals surface area contributed by atoms with Gasteiger partial charge in [-0.1, -0.05) is 39.5 Å². The summed E-state index contributed by atoms with van der Waals surface area (Å²) in [5.41, 5.74) is 1.54. The van der Waals surface area contributed by atoms with Crippen molar-refractivity contribution in [3.05, 3.63) is 22.4 Å². The quantitative estimate of drug-likeness (QED) is 0.803. The van der Waals surface area contributed by atoms with Gasteiger partial charge in [-0.15, -0.1) is 0 Å². The van der Waals surface area contributed by atoms with E-state index >= 15 is 0 Å².